The first-order valence-corrected chi connectivity index (χ1v) is 5.23. The Morgan fingerprint density at radius 3 is 2.50 bits per heavy atom. The smallest absolute Gasteiger partial charge is 0.0922 e. The Morgan fingerprint density at radius 1 is 1.21 bits per heavy atom. The standard InChI is InChI=1S/C12H17NO/c1-2-6-12(13-14)10-9-11-7-4-3-5-8-11/h3-5,7-8,12H,2,6,9-10H2,1H3. The summed E-state index contributed by atoms with van der Waals surface area (Å²) in [7, 11) is 0. The molecule has 0 heterocycles. The van der Waals surface area contributed by atoms with E-state index in [1.165, 1.54) is 5.56 Å². The van der Waals surface area contributed by atoms with E-state index in [1.807, 2.05) is 18.2 Å². The molecule has 0 aliphatic rings. The molecule has 0 aliphatic carbocycles. The summed E-state index contributed by atoms with van der Waals surface area (Å²) in [4.78, 5) is 10.5. The Kier molecular flexibility index (Phi) is 4.90. The zero-order valence-electron chi connectivity index (χ0n) is 8.65. The molecule has 0 saturated heterocycles. The highest BCUT2D eigenvalue weighted by molar-refractivity contribution is 5.14. The fourth-order valence-corrected chi connectivity index (χ4v) is 1.56. The molecular weight excluding hydrogens is 174 g/mol. The topological polar surface area (TPSA) is 29.4 Å². The van der Waals surface area contributed by atoms with E-state index < -0.39 is 0 Å². The van der Waals surface area contributed by atoms with Crippen LogP contribution in [0.2, 0.25) is 0 Å². The summed E-state index contributed by atoms with van der Waals surface area (Å²) in [5.74, 6) is 0. The SMILES string of the molecule is CCCC(CCc1ccccc1)N=O. The van der Waals surface area contributed by atoms with E-state index in [4.69, 9.17) is 0 Å². The molecule has 1 rings (SSSR count). The van der Waals surface area contributed by atoms with Crippen molar-refractivity contribution in [3.8, 4) is 0 Å². The van der Waals surface area contributed by atoms with E-state index in [0.29, 0.717) is 0 Å². The second-order valence-electron chi connectivity index (χ2n) is 3.57. The van der Waals surface area contributed by atoms with Crippen molar-refractivity contribution in [2.45, 2.75) is 38.6 Å². The van der Waals surface area contributed by atoms with Gasteiger partial charge in [0.2, 0.25) is 0 Å². The molecule has 0 bridgehead atoms. The fraction of sp³-hybridized carbons (Fsp3) is 0.500. The van der Waals surface area contributed by atoms with Crippen LogP contribution < -0.4 is 0 Å². The number of rotatable bonds is 6. The molecule has 2 nitrogen and oxygen atoms in total. The van der Waals surface area contributed by atoms with Crippen molar-refractivity contribution in [1.82, 2.24) is 0 Å². The summed E-state index contributed by atoms with van der Waals surface area (Å²) in [6, 6.07) is 10.2. The van der Waals surface area contributed by atoms with E-state index in [9.17, 15) is 4.91 Å². The molecule has 14 heavy (non-hydrogen) atoms. The molecule has 0 fully saturated rings. The van der Waals surface area contributed by atoms with Gasteiger partial charge in [-0.3, -0.25) is 0 Å². The van der Waals surface area contributed by atoms with Crippen LogP contribution in [-0.2, 0) is 6.42 Å². The minimum Gasteiger partial charge on any atom is -0.151 e. The van der Waals surface area contributed by atoms with Crippen LogP contribution in [0, 0.1) is 4.91 Å². The Bertz CT molecular complexity index is 258. The van der Waals surface area contributed by atoms with Gasteiger partial charge in [-0.05, 0) is 24.8 Å². The fourth-order valence-electron chi connectivity index (χ4n) is 1.56. The van der Waals surface area contributed by atoms with Crippen molar-refractivity contribution in [2.24, 2.45) is 5.18 Å². The normalized spacial score (nSPS) is 12.4. The zero-order valence-corrected chi connectivity index (χ0v) is 8.65. The van der Waals surface area contributed by atoms with Crippen molar-refractivity contribution in [2.75, 3.05) is 0 Å². The van der Waals surface area contributed by atoms with Gasteiger partial charge in [-0.2, -0.15) is 4.91 Å². The highest BCUT2D eigenvalue weighted by atomic mass is 16.3. The van der Waals surface area contributed by atoms with E-state index in [0.717, 1.165) is 25.7 Å². The third-order valence-electron chi connectivity index (χ3n) is 2.38. The highest BCUT2D eigenvalue weighted by Gasteiger charge is 2.06. The number of nitrogens with zero attached hydrogens (tertiary/aromatic N) is 1. The van der Waals surface area contributed by atoms with Gasteiger partial charge in [0.1, 0.15) is 0 Å². The van der Waals surface area contributed by atoms with Gasteiger partial charge < -0.3 is 0 Å². The molecule has 0 spiro atoms. The second-order valence-corrected chi connectivity index (χ2v) is 3.57. The van der Waals surface area contributed by atoms with Crippen LogP contribution >= 0.6 is 0 Å². The summed E-state index contributed by atoms with van der Waals surface area (Å²) >= 11 is 0. The Labute approximate surface area is 85.3 Å². The van der Waals surface area contributed by atoms with Crippen LogP contribution in [0.1, 0.15) is 31.7 Å². The summed E-state index contributed by atoms with van der Waals surface area (Å²) in [5, 5.41) is 3.14. The highest BCUT2D eigenvalue weighted by Crippen LogP contribution is 2.11. The molecule has 0 aromatic heterocycles. The number of nitroso groups, excluding NO2 is 1. The number of hydrogen-bond donors (Lipinski definition) is 0. The minimum atomic E-state index is 0.000191. The van der Waals surface area contributed by atoms with E-state index >= 15 is 0 Å². The molecule has 0 aliphatic heterocycles. The summed E-state index contributed by atoms with van der Waals surface area (Å²) in [5.41, 5.74) is 1.29. The lowest BCUT2D eigenvalue weighted by molar-refractivity contribution is 0.560. The summed E-state index contributed by atoms with van der Waals surface area (Å²) in [6.45, 7) is 2.08. The first kappa shape index (κ1) is 10.9. The Hall–Kier alpha value is -1.18. The predicted octanol–water partition coefficient (Wildman–Crippen LogP) is 3.55. The molecule has 1 unspecified atom stereocenters. The molecule has 0 N–H and O–H groups in total. The largest absolute Gasteiger partial charge is 0.151 e. The van der Waals surface area contributed by atoms with Gasteiger partial charge in [0.25, 0.3) is 0 Å². The van der Waals surface area contributed by atoms with Gasteiger partial charge >= 0.3 is 0 Å². The Morgan fingerprint density at radius 2 is 1.93 bits per heavy atom. The maximum absolute atomic E-state index is 10.5. The molecule has 1 atom stereocenters. The van der Waals surface area contributed by atoms with Gasteiger partial charge in [0.05, 0.1) is 6.04 Å². The molecule has 0 radical (unpaired) electrons. The lowest BCUT2D eigenvalue weighted by atomic mass is 10.0. The molecule has 1 aromatic rings. The molecule has 1 aromatic carbocycles. The molecule has 0 amide bonds. The molecule has 2 heteroatoms. The van der Waals surface area contributed by atoms with Crippen LogP contribution in [0.5, 0.6) is 0 Å². The van der Waals surface area contributed by atoms with Crippen LogP contribution in [0.15, 0.2) is 35.5 Å². The number of hydrogen-bond acceptors (Lipinski definition) is 2. The van der Waals surface area contributed by atoms with Gasteiger partial charge in [0.15, 0.2) is 0 Å². The first-order valence-electron chi connectivity index (χ1n) is 5.23. The average molecular weight is 191 g/mol. The third-order valence-corrected chi connectivity index (χ3v) is 2.38. The summed E-state index contributed by atoms with van der Waals surface area (Å²) < 4.78 is 0. The number of aryl methyl sites for hydroxylation is 1. The second kappa shape index (κ2) is 6.30. The zero-order chi connectivity index (χ0) is 10.2. The van der Waals surface area contributed by atoms with Gasteiger partial charge in [0, 0.05) is 0 Å². The minimum absolute atomic E-state index is 0.000191. The van der Waals surface area contributed by atoms with Crippen molar-refractivity contribution in [3.63, 3.8) is 0 Å². The summed E-state index contributed by atoms with van der Waals surface area (Å²) in [6.07, 6.45) is 3.78. The monoisotopic (exact) mass is 191 g/mol. The third kappa shape index (κ3) is 3.69. The Balaban J connectivity index is 2.35. The van der Waals surface area contributed by atoms with Crippen LogP contribution in [0.3, 0.4) is 0 Å². The van der Waals surface area contributed by atoms with Crippen molar-refractivity contribution in [3.05, 3.63) is 40.8 Å². The lowest BCUT2D eigenvalue weighted by Gasteiger charge is -2.06. The van der Waals surface area contributed by atoms with E-state index in [2.05, 4.69) is 24.2 Å². The molecular formula is C12H17NO. The van der Waals surface area contributed by atoms with Gasteiger partial charge in [-0.25, -0.2) is 0 Å². The van der Waals surface area contributed by atoms with Crippen LogP contribution in [0.25, 0.3) is 0 Å². The van der Waals surface area contributed by atoms with Gasteiger partial charge in [-0.15, -0.1) is 0 Å². The number of benzene rings is 1. The average Bonchev–Trinajstić information content (AvgIpc) is 2.25. The predicted molar refractivity (Wildman–Crippen MR) is 59.3 cm³/mol. The van der Waals surface area contributed by atoms with Crippen molar-refractivity contribution < 1.29 is 0 Å². The quantitative estimate of drug-likeness (QED) is 0.632. The molecule has 0 saturated carbocycles. The first-order chi connectivity index (χ1) is 6.86. The maximum Gasteiger partial charge on any atom is 0.0922 e. The van der Waals surface area contributed by atoms with E-state index in [-0.39, 0.29) is 6.04 Å². The van der Waals surface area contributed by atoms with Crippen LogP contribution in [-0.4, -0.2) is 6.04 Å². The molecule has 76 valence electrons. The van der Waals surface area contributed by atoms with Crippen LogP contribution in [0.4, 0.5) is 0 Å². The van der Waals surface area contributed by atoms with Crippen molar-refractivity contribution in [1.29, 1.82) is 0 Å². The van der Waals surface area contributed by atoms with Crippen molar-refractivity contribution >= 4 is 0 Å². The maximum atomic E-state index is 10.5. The lowest BCUT2D eigenvalue weighted by Crippen LogP contribution is -2.04. The van der Waals surface area contributed by atoms with E-state index in [1.54, 1.807) is 0 Å². The van der Waals surface area contributed by atoms with Gasteiger partial charge in [-0.1, -0.05) is 48.9 Å².